The maximum Gasteiger partial charge on any atom is 0.341 e. The van der Waals surface area contributed by atoms with Crippen LogP contribution in [-0.4, -0.2) is 28.4 Å². The largest absolute Gasteiger partial charge is 0.477 e. The molecule has 0 spiro atoms. The van der Waals surface area contributed by atoms with Crippen molar-refractivity contribution in [2.75, 3.05) is 6.61 Å². The second-order valence-corrected chi connectivity index (χ2v) is 5.31. The van der Waals surface area contributed by atoms with Crippen LogP contribution in [0.3, 0.4) is 0 Å². The molecule has 0 saturated carbocycles. The first kappa shape index (κ1) is 13.8. The first-order chi connectivity index (χ1) is 10.2. The average molecular weight is 287 g/mol. The van der Waals surface area contributed by atoms with Crippen molar-refractivity contribution >= 4 is 16.9 Å². The number of pyridine rings is 1. The Morgan fingerprint density at radius 2 is 2.19 bits per heavy atom. The number of carboxylic acid groups (broad SMARTS) is 1. The van der Waals surface area contributed by atoms with Crippen molar-refractivity contribution in [2.45, 2.75) is 31.9 Å². The fourth-order valence-corrected chi connectivity index (χ4v) is 2.84. The molecule has 1 saturated heterocycles. The van der Waals surface area contributed by atoms with Gasteiger partial charge < -0.3 is 14.4 Å². The molecule has 1 atom stereocenters. The summed E-state index contributed by atoms with van der Waals surface area (Å²) >= 11 is 0. The molecular weight excluding hydrogens is 270 g/mol. The summed E-state index contributed by atoms with van der Waals surface area (Å²) in [5.41, 5.74) is 0.165. The van der Waals surface area contributed by atoms with Gasteiger partial charge in [0.05, 0.1) is 11.6 Å². The maximum atomic E-state index is 12.2. The molecule has 0 radical (unpaired) electrons. The van der Waals surface area contributed by atoms with Gasteiger partial charge in [0.2, 0.25) is 5.43 Å². The minimum absolute atomic E-state index is 0.180. The van der Waals surface area contributed by atoms with Crippen LogP contribution in [0.2, 0.25) is 0 Å². The molecule has 1 N–H and O–H groups in total. The van der Waals surface area contributed by atoms with E-state index in [-0.39, 0.29) is 11.7 Å². The molecule has 21 heavy (non-hydrogen) atoms. The number of ether oxygens (including phenoxy) is 1. The lowest BCUT2D eigenvalue weighted by Gasteiger charge is -2.14. The molecular formula is C16H17NO4. The van der Waals surface area contributed by atoms with E-state index in [1.807, 2.05) is 16.7 Å². The second kappa shape index (κ2) is 5.69. The molecule has 2 aromatic rings. The Labute approximate surface area is 121 Å². The lowest BCUT2D eigenvalue weighted by molar-refractivity contribution is 0.0694. The Hall–Kier alpha value is -2.14. The summed E-state index contributed by atoms with van der Waals surface area (Å²) in [4.78, 5) is 23.4. The summed E-state index contributed by atoms with van der Waals surface area (Å²) < 4.78 is 7.45. The average Bonchev–Trinajstić information content (AvgIpc) is 3.00. The van der Waals surface area contributed by atoms with Crippen molar-refractivity contribution in [1.29, 1.82) is 0 Å². The Morgan fingerprint density at radius 1 is 1.38 bits per heavy atom. The van der Waals surface area contributed by atoms with Gasteiger partial charge in [-0.1, -0.05) is 12.1 Å². The first-order valence-electron chi connectivity index (χ1n) is 7.14. The molecule has 1 aliphatic rings. The van der Waals surface area contributed by atoms with Crippen molar-refractivity contribution in [3.05, 3.63) is 46.2 Å². The molecule has 0 amide bonds. The highest BCUT2D eigenvalue weighted by Crippen LogP contribution is 2.18. The van der Waals surface area contributed by atoms with Gasteiger partial charge in [-0.25, -0.2) is 4.79 Å². The topological polar surface area (TPSA) is 68.5 Å². The van der Waals surface area contributed by atoms with E-state index in [4.69, 9.17) is 4.74 Å². The Morgan fingerprint density at radius 3 is 2.90 bits per heavy atom. The molecule has 5 nitrogen and oxygen atoms in total. The number of carbonyl (C=O) groups is 1. The molecule has 0 bridgehead atoms. The minimum atomic E-state index is -1.18. The number of rotatable bonds is 4. The molecule has 1 aromatic heterocycles. The van der Waals surface area contributed by atoms with E-state index in [2.05, 4.69) is 0 Å². The Bertz CT molecular complexity index is 729. The van der Waals surface area contributed by atoms with Gasteiger partial charge in [0.25, 0.3) is 0 Å². The number of hydrogen-bond donors (Lipinski definition) is 1. The van der Waals surface area contributed by atoms with Gasteiger partial charge in [-0.3, -0.25) is 4.79 Å². The minimum Gasteiger partial charge on any atom is -0.477 e. The van der Waals surface area contributed by atoms with Crippen LogP contribution >= 0.6 is 0 Å². The van der Waals surface area contributed by atoms with Crippen LogP contribution < -0.4 is 5.43 Å². The standard InChI is InChI=1S/C16H17NO4/c18-15-12-5-1-2-6-14(12)17(10-13(15)16(19)20)8-7-11-4-3-9-21-11/h1-2,5-6,10-11H,3-4,7-9H2,(H,19,20). The number of nitrogens with zero attached hydrogens (tertiary/aromatic N) is 1. The highest BCUT2D eigenvalue weighted by Gasteiger charge is 2.17. The smallest absolute Gasteiger partial charge is 0.341 e. The van der Waals surface area contributed by atoms with Crippen molar-refractivity contribution < 1.29 is 14.6 Å². The van der Waals surface area contributed by atoms with E-state index in [1.165, 1.54) is 6.20 Å². The van der Waals surface area contributed by atoms with Crippen LogP contribution in [-0.2, 0) is 11.3 Å². The highest BCUT2D eigenvalue weighted by molar-refractivity contribution is 5.92. The number of para-hydroxylation sites is 1. The Balaban J connectivity index is 2.01. The van der Waals surface area contributed by atoms with Crippen LogP contribution in [0.1, 0.15) is 29.6 Å². The number of benzene rings is 1. The fraction of sp³-hybridized carbons (Fsp3) is 0.375. The summed E-state index contributed by atoms with van der Waals surface area (Å²) in [6, 6.07) is 7.12. The van der Waals surface area contributed by atoms with Crippen LogP contribution in [0.5, 0.6) is 0 Å². The summed E-state index contributed by atoms with van der Waals surface area (Å²) in [7, 11) is 0. The summed E-state index contributed by atoms with van der Waals surface area (Å²) in [5, 5.41) is 9.64. The van der Waals surface area contributed by atoms with Crippen LogP contribution in [0, 0.1) is 0 Å². The predicted molar refractivity (Wildman–Crippen MR) is 78.8 cm³/mol. The van der Waals surface area contributed by atoms with E-state index in [1.54, 1.807) is 12.1 Å². The number of aryl methyl sites for hydroxylation is 1. The van der Waals surface area contributed by atoms with E-state index >= 15 is 0 Å². The lowest BCUT2D eigenvalue weighted by atomic mass is 10.1. The maximum absolute atomic E-state index is 12.2. The van der Waals surface area contributed by atoms with Gasteiger partial charge >= 0.3 is 5.97 Å². The molecule has 1 unspecified atom stereocenters. The van der Waals surface area contributed by atoms with Gasteiger partial charge in [-0.05, 0) is 31.4 Å². The fourth-order valence-electron chi connectivity index (χ4n) is 2.84. The zero-order chi connectivity index (χ0) is 14.8. The zero-order valence-electron chi connectivity index (χ0n) is 11.6. The molecule has 1 fully saturated rings. The predicted octanol–water partition coefficient (Wildman–Crippen LogP) is 2.27. The molecule has 1 aromatic carbocycles. The van der Waals surface area contributed by atoms with Crippen LogP contribution in [0.4, 0.5) is 0 Å². The zero-order valence-corrected chi connectivity index (χ0v) is 11.6. The normalized spacial score (nSPS) is 18.2. The van der Waals surface area contributed by atoms with Crippen molar-refractivity contribution in [1.82, 2.24) is 4.57 Å². The molecule has 1 aliphatic heterocycles. The van der Waals surface area contributed by atoms with Gasteiger partial charge in [0.15, 0.2) is 0 Å². The lowest BCUT2D eigenvalue weighted by Crippen LogP contribution is -2.20. The summed E-state index contributed by atoms with van der Waals surface area (Å²) in [5.74, 6) is -1.18. The van der Waals surface area contributed by atoms with E-state index in [0.717, 1.165) is 31.4 Å². The van der Waals surface area contributed by atoms with Crippen molar-refractivity contribution in [3.8, 4) is 0 Å². The quantitative estimate of drug-likeness (QED) is 0.936. The first-order valence-corrected chi connectivity index (χ1v) is 7.14. The van der Waals surface area contributed by atoms with E-state index in [0.29, 0.717) is 11.9 Å². The second-order valence-electron chi connectivity index (χ2n) is 5.31. The molecule has 3 rings (SSSR count). The van der Waals surface area contributed by atoms with Gasteiger partial charge in [0.1, 0.15) is 5.56 Å². The third-order valence-electron chi connectivity index (χ3n) is 3.93. The van der Waals surface area contributed by atoms with Crippen LogP contribution in [0.25, 0.3) is 10.9 Å². The summed E-state index contributed by atoms with van der Waals surface area (Å²) in [6.07, 6.45) is 4.63. The third kappa shape index (κ3) is 2.69. The summed E-state index contributed by atoms with van der Waals surface area (Å²) in [6.45, 7) is 1.45. The van der Waals surface area contributed by atoms with Gasteiger partial charge in [0, 0.05) is 24.7 Å². The number of fused-ring (bicyclic) bond motifs is 1. The number of aromatic nitrogens is 1. The Kier molecular flexibility index (Phi) is 3.75. The number of aromatic carboxylic acids is 1. The molecule has 2 heterocycles. The molecule has 0 aliphatic carbocycles. The van der Waals surface area contributed by atoms with Gasteiger partial charge in [-0.2, -0.15) is 0 Å². The monoisotopic (exact) mass is 287 g/mol. The third-order valence-corrected chi connectivity index (χ3v) is 3.93. The van der Waals surface area contributed by atoms with Crippen molar-refractivity contribution in [3.63, 3.8) is 0 Å². The van der Waals surface area contributed by atoms with Crippen LogP contribution in [0.15, 0.2) is 35.3 Å². The van der Waals surface area contributed by atoms with Crippen molar-refractivity contribution in [2.24, 2.45) is 0 Å². The van der Waals surface area contributed by atoms with E-state index in [9.17, 15) is 14.7 Å². The number of hydrogen-bond acceptors (Lipinski definition) is 3. The molecule has 5 heteroatoms. The number of carboxylic acids is 1. The highest BCUT2D eigenvalue weighted by atomic mass is 16.5. The molecule has 110 valence electrons. The SMILES string of the molecule is O=C(O)c1cn(CCC2CCCO2)c2ccccc2c1=O. The van der Waals surface area contributed by atoms with Gasteiger partial charge in [-0.15, -0.1) is 0 Å². The van der Waals surface area contributed by atoms with E-state index < -0.39 is 11.4 Å².